The molecule has 3 aliphatic rings. The number of fused-ring (bicyclic) bond motifs is 1. The van der Waals surface area contributed by atoms with E-state index in [1.54, 1.807) is 0 Å². The number of hydrogen-bond acceptors (Lipinski definition) is 5. The summed E-state index contributed by atoms with van der Waals surface area (Å²) in [6.45, 7) is 3.49. The average molecular weight is 375 g/mol. The van der Waals surface area contributed by atoms with Crippen molar-refractivity contribution in [3.05, 3.63) is 35.6 Å². The maximum absolute atomic E-state index is 12.6. The Labute approximate surface area is 159 Å². The van der Waals surface area contributed by atoms with Gasteiger partial charge in [-0.2, -0.15) is 0 Å². The Morgan fingerprint density at radius 2 is 2.00 bits per heavy atom. The Hall–Kier alpha value is -1.92. The van der Waals surface area contributed by atoms with Crippen LogP contribution in [0.2, 0.25) is 0 Å². The lowest BCUT2D eigenvalue weighted by atomic mass is 9.54. The average Bonchev–Trinajstić information content (AvgIpc) is 2.96. The lowest BCUT2D eigenvalue weighted by molar-refractivity contribution is -0.118. The zero-order valence-corrected chi connectivity index (χ0v) is 15.9. The number of Topliss-reactive ketones (excluding diaryl/α,β-unsaturated/α-hetero) is 1. The van der Waals surface area contributed by atoms with Crippen LogP contribution >= 0.6 is 0 Å². The van der Waals surface area contributed by atoms with Crippen LogP contribution in [0.5, 0.6) is 0 Å². The summed E-state index contributed by atoms with van der Waals surface area (Å²) >= 11 is 0. The molecule has 4 N–H and O–H groups in total. The Morgan fingerprint density at radius 3 is 2.59 bits per heavy atom. The third kappa shape index (κ3) is 3.15. The molecule has 1 heterocycles. The van der Waals surface area contributed by atoms with Gasteiger partial charge in [0.15, 0.2) is 5.78 Å². The van der Waals surface area contributed by atoms with Gasteiger partial charge < -0.3 is 20.6 Å². The predicted molar refractivity (Wildman–Crippen MR) is 101 cm³/mol. The van der Waals surface area contributed by atoms with Crippen LogP contribution in [0.3, 0.4) is 0 Å². The van der Waals surface area contributed by atoms with Gasteiger partial charge in [0.2, 0.25) is 0 Å². The zero-order valence-electron chi connectivity index (χ0n) is 15.9. The summed E-state index contributed by atoms with van der Waals surface area (Å²) in [7, 11) is 0. The van der Waals surface area contributed by atoms with Crippen molar-refractivity contribution in [2.45, 2.75) is 39.2 Å². The first-order chi connectivity index (χ1) is 12.9. The van der Waals surface area contributed by atoms with Gasteiger partial charge in [0.05, 0.1) is 6.61 Å². The summed E-state index contributed by atoms with van der Waals surface area (Å²) in [5.41, 5.74) is -1.01. The van der Waals surface area contributed by atoms with E-state index in [0.717, 1.165) is 19.3 Å². The molecule has 1 aliphatic heterocycles. The first-order valence-corrected chi connectivity index (χ1v) is 9.70. The first-order valence-electron chi connectivity index (χ1n) is 9.70. The van der Waals surface area contributed by atoms with Crippen molar-refractivity contribution in [1.82, 2.24) is 5.32 Å². The molecular weight excluding hydrogens is 346 g/mol. The van der Waals surface area contributed by atoms with Gasteiger partial charge in [0.25, 0.3) is 5.91 Å². The number of nitrogens with one attached hydrogen (secondary N) is 1. The molecule has 27 heavy (non-hydrogen) atoms. The molecule has 1 amide bonds. The molecule has 6 nitrogen and oxygen atoms in total. The molecule has 0 aromatic carbocycles. The van der Waals surface area contributed by atoms with Crippen molar-refractivity contribution in [3.8, 4) is 0 Å². The van der Waals surface area contributed by atoms with Crippen molar-refractivity contribution < 1.29 is 24.9 Å². The fraction of sp³-hybridized carbons (Fsp3) is 0.619. The van der Waals surface area contributed by atoms with Gasteiger partial charge in [0, 0.05) is 17.9 Å². The quantitative estimate of drug-likeness (QED) is 0.259. The van der Waals surface area contributed by atoms with E-state index in [4.69, 9.17) is 0 Å². The molecule has 0 radical (unpaired) electrons. The van der Waals surface area contributed by atoms with Crippen LogP contribution in [0.4, 0.5) is 0 Å². The van der Waals surface area contributed by atoms with Gasteiger partial charge in [0.1, 0.15) is 17.4 Å². The van der Waals surface area contributed by atoms with Crippen molar-refractivity contribution >= 4 is 11.7 Å². The minimum Gasteiger partial charge on any atom is -0.511 e. The molecule has 1 saturated heterocycles. The predicted octanol–water partition coefficient (Wildman–Crippen LogP) is 1.65. The highest BCUT2D eigenvalue weighted by Gasteiger charge is 2.53. The molecular formula is C21H29NO5. The van der Waals surface area contributed by atoms with Gasteiger partial charge in [-0.05, 0) is 43.9 Å². The van der Waals surface area contributed by atoms with Gasteiger partial charge in [-0.3, -0.25) is 9.59 Å². The molecule has 6 atom stereocenters. The van der Waals surface area contributed by atoms with Crippen molar-refractivity contribution in [2.75, 3.05) is 13.2 Å². The van der Waals surface area contributed by atoms with Crippen LogP contribution in [-0.4, -0.2) is 46.3 Å². The molecule has 0 bridgehead atoms. The summed E-state index contributed by atoms with van der Waals surface area (Å²) < 4.78 is 0. The van der Waals surface area contributed by atoms with E-state index in [0.29, 0.717) is 0 Å². The van der Waals surface area contributed by atoms with Gasteiger partial charge in [-0.15, -0.1) is 0 Å². The molecule has 3 rings (SSSR count). The van der Waals surface area contributed by atoms with Gasteiger partial charge in [-0.1, -0.05) is 31.2 Å². The van der Waals surface area contributed by atoms with Crippen molar-refractivity contribution in [3.63, 3.8) is 0 Å². The fourth-order valence-electron chi connectivity index (χ4n) is 5.14. The minimum atomic E-state index is -0.988. The number of ketones is 1. The third-order valence-electron chi connectivity index (χ3n) is 6.72. The van der Waals surface area contributed by atoms with E-state index in [1.807, 2.05) is 32.1 Å². The Morgan fingerprint density at radius 1 is 1.26 bits per heavy atom. The summed E-state index contributed by atoms with van der Waals surface area (Å²) in [4.78, 5) is 24.9. The molecule has 0 spiro atoms. The number of amides is 1. The molecule has 1 saturated carbocycles. The lowest BCUT2D eigenvalue weighted by Crippen LogP contribution is -2.46. The number of carbonyl (C=O) groups is 2. The Kier molecular flexibility index (Phi) is 5.58. The highest BCUT2D eigenvalue weighted by Crippen LogP contribution is 2.56. The Balaban J connectivity index is 2.08. The molecule has 2 fully saturated rings. The number of aliphatic hydroxyl groups is 3. The monoisotopic (exact) mass is 375 g/mol. The van der Waals surface area contributed by atoms with Gasteiger partial charge in [-0.25, -0.2) is 0 Å². The van der Waals surface area contributed by atoms with Crippen molar-refractivity contribution in [1.29, 1.82) is 0 Å². The molecule has 148 valence electrons. The van der Waals surface area contributed by atoms with E-state index >= 15 is 0 Å². The molecule has 6 heteroatoms. The highest BCUT2D eigenvalue weighted by molar-refractivity contribution is 6.27. The standard InChI is InChI=1S/C21H29NO5/c1-3-4-14-7-6-13-9-12(10-23)5-8-15(13)21(14,2)19(26)17-18(25)16(11-24)22-20(17)27/h3-4,6-7,12-16,23-24,26H,5,8-11H2,1-2H3,(H,22,27). The SMILES string of the molecule is CC=CC1C=CC2CC(CO)CCC2C1(C)C(O)=C1C(=O)NC(CO)C1=O. The van der Waals surface area contributed by atoms with Gasteiger partial charge >= 0.3 is 0 Å². The fourth-order valence-corrected chi connectivity index (χ4v) is 5.14. The summed E-state index contributed by atoms with van der Waals surface area (Å²) in [6.07, 6.45) is 10.6. The minimum absolute atomic E-state index is 0.0628. The smallest absolute Gasteiger partial charge is 0.259 e. The first kappa shape index (κ1) is 19.8. The largest absolute Gasteiger partial charge is 0.511 e. The van der Waals surface area contributed by atoms with E-state index in [9.17, 15) is 24.9 Å². The highest BCUT2D eigenvalue weighted by atomic mass is 16.3. The maximum atomic E-state index is 12.6. The topological polar surface area (TPSA) is 107 Å². The number of allylic oxidation sites excluding steroid dienone is 5. The number of aliphatic hydroxyl groups excluding tert-OH is 3. The van der Waals surface area contributed by atoms with Crippen LogP contribution in [-0.2, 0) is 9.59 Å². The molecule has 2 aliphatic carbocycles. The lowest BCUT2D eigenvalue weighted by Gasteiger charge is -2.50. The van der Waals surface area contributed by atoms with Crippen molar-refractivity contribution in [2.24, 2.45) is 29.1 Å². The van der Waals surface area contributed by atoms with E-state index in [-0.39, 0.29) is 41.6 Å². The third-order valence-corrected chi connectivity index (χ3v) is 6.72. The Bertz CT molecular complexity index is 709. The summed E-state index contributed by atoms with van der Waals surface area (Å²) in [5.74, 6) is -1.00. The second kappa shape index (κ2) is 7.60. The molecule has 0 aromatic rings. The maximum Gasteiger partial charge on any atom is 0.259 e. The second-order valence-corrected chi connectivity index (χ2v) is 8.15. The zero-order chi connectivity index (χ0) is 19.8. The van der Waals surface area contributed by atoms with E-state index in [2.05, 4.69) is 11.4 Å². The number of carbonyl (C=O) groups excluding carboxylic acids is 2. The second-order valence-electron chi connectivity index (χ2n) is 8.15. The van der Waals surface area contributed by atoms with E-state index in [1.165, 1.54) is 0 Å². The summed E-state index contributed by atoms with van der Waals surface area (Å²) in [5, 5.41) is 32.6. The molecule has 6 unspecified atom stereocenters. The van der Waals surface area contributed by atoms with Crippen LogP contribution in [0.15, 0.2) is 35.6 Å². The number of hydrogen-bond donors (Lipinski definition) is 4. The van der Waals surface area contributed by atoms with Crippen LogP contribution in [0.1, 0.15) is 33.1 Å². The molecule has 0 aromatic heterocycles. The number of rotatable bonds is 4. The van der Waals surface area contributed by atoms with E-state index < -0.39 is 29.8 Å². The normalized spacial score (nSPS) is 41.0. The van der Waals surface area contributed by atoms with Crippen LogP contribution in [0.25, 0.3) is 0 Å². The van der Waals surface area contributed by atoms with Crippen LogP contribution < -0.4 is 5.32 Å². The summed E-state index contributed by atoms with van der Waals surface area (Å²) in [6, 6.07) is -0.988. The van der Waals surface area contributed by atoms with Crippen LogP contribution in [0, 0.1) is 29.1 Å².